The summed E-state index contributed by atoms with van der Waals surface area (Å²) in [6.07, 6.45) is 1.58. The van der Waals surface area contributed by atoms with Gasteiger partial charge in [-0.05, 0) is 47.9 Å². The first-order valence-corrected chi connectivity index (χ1v) is 8.96. The van der Waals surface area contributed by atoms with Gasteiger partial charge in [0.05, 0.1) is 13.0 Å². The van der Waals surface area contributed by atoms with Crippen LogP contribution in [0.5, 0.6) is 5.75 Å². The van der Waals surface area contributed by atoms with Gasteiger partial charge >= 0.3 is 0 Å². The van der Waals surface area contributed by atoms with E-state index in [1.807, 2.05) is 42.5 Å². The van der Waals surface area contributed by atoms with Gasteiger partial charge in [0.1, 0.15) is 12.4 Å². The second kappa shape index (κ2) is 8.16. The summed E-state index contributed by atoms with van der Waals surface area (Å²) in [5, 5.41) is 5.69. The van der Waals surface area contributed by atoms with Crippen LogP contribution in [0.2, 0.25) is 0 Å². The van der Waals surface area contributed by atoms with E-state index in [-0.39, 0.29) is 11.8 Å². The molecule has 1 aliphatic heterocycles. The zero-order valence-corrected chi connectivity index (χ0v) is 15.3. The first-order valence-electron chi connectivity index (χ1n) is 8.17. The van der Waals surface area contributed by atoms with Crippen LogP contribution in [0.4, 0.5) is 5.69 Å². The van der Waals surface area contributed by atoms with Crippen LogP contribution in [0.25, 0.3) is 0 Å². The van der Waals surface area contributed by atoms with Gasteiger partial charge in [0.2, 0.25) is 11.8 Å². The van der Waals surface area contributed by atoms with Gasteiger partial charge in [0.15, 0.2) is 0 Å². The summed E-state index contributed by atoms with van der Waals surface area (Å²) in [4.78, 5) is 23.3. The molecule has 0 atom stereocenters. The fraction of sp³-hybridized carbons (Fsp3) is 0.263. The second-order valence-electron chi connectivity index (χ2n) is 5.87. The van der Waals surface area contributed by atoms with Crippen molar-refractivity contribution in [3.63, 3.8) is 0 Å². The Labute approximate surface area is 154 Å². The number of hydrogen-bond donors (Lipinski definition) is 2. The lowest BCUT2D eigenvalue weighted by Crippen LogP contribution is -2.29. The first kappa shape index (κ1) is 17.5. The molecule has 5 nitrogen and oxygen atoms in total. The smallest absolute Gasteiger partial charge is 0.224 e. The average molecular weight is 403 g/mol. The van der Waals surface area contributed by atoms with Gasteiger partial charge < -0.3 is 15.4 Å². The summed E-state index contributed by atoms with van der Waals surface area (Å²) in [5.41, 5.74) is 2.90. The number of anilines is 1. The fourth-order valence-corrected chi connectivity index (χ4v) is 2.92. The topological polar surface area (TPSA) is 67.4 Å². The molecule has 6 heteroatoms. The van der Waals surface area contributed by atoms with Crippen molar-refractivity contribution in [3.05, 3.63) is 58.1 Å². The van der Waals surface area contributed by atoms with Crippen LogP contribution in [-0.4, -0.2) is 25.0 Å². The molecule has 0 saturated heterocycles. The number of rotatable bonds is 6. The van der Waals surface area contributed by atoms with E-state index in [0.29, 0.717) is 26.0 Å². The van der Waals surface area contributed by atoms with Crippen molar-refractivity contribution in [2.75, 3.05) is 18.5 Å². The SMILES string of the molecule is O=C(Cc1ccc(Br)cc1)NCCOc1ccc2c(c1)CCC(=O)N2. The molecule has 0 aliphatic carbocycles. The fourth-order valence-electron chi connectivity index (χ4n) is 2.66. The van der Waals surface area contributed by atoms with Crippen LogP contribution in [0, 0.1) is 0 Å². The van der Waals surface area contributed by atoms with Crippen molar-refractivity contribution in [3.8, 4) is 5.75 Å². The summed E-state index contributed by atoms with van der Waals surface area (Å²) in [5.74, 6) is 0.769. The van der Waals surface area contributed by atoms with Crippen LogP contribution >= 0.6 is 15.9 Å². The Kier molecular flexibility index (Phi) is 5.71. The molecule has 1 aliphatic rings. The normalized spacial score (nSPS) is 12.9. The highest BCUT2D eigenvalue weighted by Crippen LogP contribution is 2.26. The number of hydrogen-bond acceptors (Lipinski definition) is 3. The summed E-state index contributed by atoms with van der Waals surface area (Å²) in [6.45, 7) is 0.848. The number of aryl methyl sites for hydroxylation is 1. The average Bonchev–Trinajstić information content (AvgIpc) is 2.61. The molecule has 0 radical (unpaired) electrons. The standard InChI is InChI=1S/C19H19BrN2O3/c20-15-4-1-13(2-5-15)11-19(24)21-9-10-25-16-6-7-17-14(12-16)3-8-18(23)22-17/h1-2,4-7,12H,3,8-11H2,(H,21,24)(H,22,23). The van der Waals surface area contributed by atoms with Gasteiger partial charge in [0, 0.05) is 16.6 Å². The Bertz CT molecular complexity index is 775. The quantitative estimate of drug-likeness (QED) is 0.729. The predicted molar refractivity (Wildman–Crippen MR) is 99.7 cm³/mol. The van der Waals surface area contributed by atoms with Gasteiger partial charge in [-0.3, -0.25) is 9.59 Å². The van der Waals surface area contributed by atoms with E-state index in [9.17, 15) is 9.59 Å². The molecule has 2 aromatic rings. The highest BCUT2D eigenvalue weighted by molar-refractivity contribution is 9.10. The maximum atomic E-state index is 11.9. The molecule has 1 heterocycles. The molecule has 2 aromatic carbocycles. The summed E-state index contributed by atoms with van der Waals surface area (Å²) in [6, 6.07) is 13.3. The Hall–Kier alpha value is -2.34. The Morgan fingerprint density at radius 1 is 1.16 bits per heavy atom. The molecule has 0 saturated carbocycles. The maximum Gasteiger partial charge on any atom is 0.224 e. The van der Waals surface area contributed by atoms with Gasteiger partial charge in [-0.2, -0.15) is 0 Å². The molecule has 0 spiro atoms. The summed E-state index contributed by atoms with van der Waals surface area (Å²) in [7, 11) is 0. The van der Waals surface area contributed by atoms with Gasteiger partial charge in [-0.25, -0.2) is 0 Å². The van der Waals surface area contributed by atoms with Crippen molar-refractivity contribution in [2.24, 2.45) is 0 Å². The van der Waals surface area contributed by atoms with E-state index >= 15 is 0 Å². The number of benzene rings is 2. The van der Waals surface area contributed by atoms with E-state index in [2.05, 4.69) is 26.6 Å². The van der Waals surface area contributed by atoms with Crippen molar-refractivity contribution >= 4 is 33.4 Å². The minimum absolute atomic E-state index is 0.0286. The third-order valence-electron chi connectivity index (χ3n) is 3.94. The Balaban J connectivity index is 1.41. The number of nitrogens with one attached hydrogen (secondary N) is 2. The Morgan fingerprint density at radius 3 is 2.76 bits per heavy atom. The summed E-state index contributed by atoms with van der Waals surface area (Å²) >= 11 is 3.37. The van der Waals surface area contributed by atoms with Crippen LogP contribution in [0.1, 0.15) is 17.5 Å². The molecular formula is C19H19BrN2O3. The van der Waals surface area contributed by atoms with E-state index < -0.39 is 0 Å². The van der Waals surface area contributed by atoms with Crippen molar-refractivity contribution in [1.82, 2.24) is 5.32 Å². The third-order valence-corrected chi connectivity index (χ3v) is 4.47. The van der Waals surface area contributed by atoms with Crippen molar-refractivity contribution < 1.29 is 14.3 Å². The third kappa shape index (κ3) is 5.06. The number of ether oxygens (including phenoxy) is 1. The lowest BCUT2D eigenvalue weighted by Gasteiger charge is -2.17. The largest absolute Gasteiger partial charge is 0.492 e. The number of fused-ring (bicyclic) bond motifs is 1. The van der Waals surface area contributed by atoms with E-state index in [0.717, 1.165) is 33.5 Å². The zero-order chi connectivity index (χ0) is 17.6. The van der Waals surface area contributed by atoms with Crippen LogP contribution in [0.3, 0.4) is 0 Å². The highest BCUT2D eigenvalue weighted by atomic mass is 79.9. The molecule has 2 amide bonds. The molecule has 25 heavy (non-hydrogen) atoms. The molecule has 130 valence electrons. The second-order valence-corrected chi connectivity index (χ2v) is 6.78. The van der Waals surface area contributed by atoms with Crippen molar-refractivity contribution in [1.29, 1.82) is 0 Å². The van der Waals surface area contributed by atoms with Gasteiger partial charge in [-0.15, -0.1) is 0 Å². The van der Waals surface area contributed by atoms with E-state index in [1.54, 1.807) is 0 Å². The lowest BCUT2D eigenvalue weighted by atomic mass is 10.0. The van der Waals surface area contributed by atoms with E-state index in [4.69, 9.17) is 4.74 Å². The number of amides is 2. The number of carbonyl (C=O) groups is 2. The molecule has 0 fully saturated rings. The van der Waals surface area contributed by atoms with Crippen molar-refractivity contribution in [2.45, 2.75) is 19.3 Å². The van der Waals surface area contributed by atoms with E-state index in [1.165, 1.54) is 0 Å². The zero-order valence-electron chi connectivity index (χ0n) is 13.7. The minimum Gasteiger partial charge on any atom is -0.492 e. The molecular weight excluding hydrogens is 384 g/mol. The first-order chi connectivity index (χ1) is 12.1. The highest BCUT2D eigenvalue weighted by Gasteiger charge is 2.14. The van der Waals surface area contributed by atoms with Crippen LogP contribution < -0.4 is 15.4 Å². The van der Waals surface area contributed by atoms with Gasteiger partial charge in [-0.1, -0.05) is 28.1 Å². The molecule has 0 unspecified atom stereocenters. The summed E-state index contributed by atoms with van der Waals surface area (Å²) < 4.78 is 6.68. The van der Waals surface area contributed by atoms with Crippen LogP contribution in [0.15, 0.2) is 46.9 Å². The number of halogens is 1. The molecule has 3 rings (SSSR count). The Morgan fingerprint density at radius 2 is 1.96 bits per heavy atom. The maximum absolute atomic E-state index is 11.9. The molecule has 2 N–H and O–H groups in total. The number of carbonyl (C=O) groups excluding carboxylic acids is 2. The lowest BCUT2D eigenvalue weighted by molar-refractivity contribution is -0.120. The minimum atomic E-state index is -0.0286. The van der Waals surface area contributed by atoms with Gasteiger partial charge in [0.25, 0.3) is 0 Å². The molecule has 0 bridgehead atoms. The molecule has 0 aromatic heterocycles. The predicted octanol–water partition coefficient (Wildman–Crippen LogP) is 3.07. The van der Waals surface area contributed by atoms with Crippen LogP contribution in [-0.2, 0) is 22.4 Å². The monoisotopic (exact) mass is 402 g/mol.